The molecule has 18 heavy (non-hydrogen) atoms. The quantitative estimate of drug-likeness (QED) is 0.738. The van der Waals surface area contributed by atoms with Crippen LogP contribution in [0.2, 0.25) is 0 Å². The number of likely N-dealkylation sites (tertiary alicyclic amines) is 1. The van der Waals surface area contributed by atoms with E-state index in [1.54, 1.807) is 0 Å². The maximum absolute atomic E-state index is 11.7. The Bertz CT molecular complexity index is 295. The highest BCUT2D eigenvalue weighted by molar-refractivity contribution is 5.81. The summed E-state index contributed by atoms with van der Waals surface area (Å²) in [4.78, 5) is 25.2. The van der Waals surface area contributed by atoms with Crippen LogP contribution in [-0.2, 0) is 9.59 Å². The molecule has 1 saturated carbocycles. The fraction of sp³-hybridized carbons (Fsp3) is 0.846. The van der Waals surface area contributed by atoms with Gasteiger partial charge in [0.05, 0.1) is 13.1 Å². The molecule has 1 heterocycles. The average Bonchev–Trinajstić information content (AvgIpc) is 3.00. The summed E-state index contributed by atoms with van der Waals surface area (Å²) < 4.78 is 0. The van der Waals surface area contributed by atoms with Gasteiger partial charge in [-0.05, 0) is 25.7 Å². The molecule has 0 aromatic carbocycles. The molecule has 2 amide bonds. The van der Waals surface area contributed by atoms with Gasteiger partial charge in [-0.25, -0.2) is 0 Å². The minimum absolute atomic E-state index is 0.0103. The van der Waals surface area contributed by atoms with Gasteiger partial charge in [0.2, 0.25) is 11.8 Å². The lowest BCUT2D eigenvalue weighted by Crippen LogP contribution is -2.42. The number of hydrogen-bond acceptors (Lipinski definition) is 3. The van der Waals surface area contributed by atoms with Crippen molar-refractivity contribution in [3.8, 4) is 0 Å². The number of rotatable bonds is 5. The smallest absolute Gasteiger partial charge is 0.236 e. The van der Waals surface area contributed by atoms with Gasteiger partial charge in [-0.15, -0.1) is 0 Å². The second kappa shape index (κ2) is 6.73. The summed E-state index contributed by atoms with van der Waals surface area (Å²) in [7, 11) is 0. The zero-order chi connectivity index (χ0) is 12.8. The van der Waals surface area contributed by atoms with E-state index >= 15 is 0 Å². The average molecular weight is 253 g/mol. The molecule has 2 N–H and O–H groups in total. The second-order valence-electron chi connectivity index (χ2n) is 5.24. The first-order valence-electron chi connectivity index (χ1n) is 7.03. The van der Waals surface area contributed by atoms with Crippen LogP contribution in [0.4, 0.5) is 0 Å². The molecular formula is C13H23N3O2. The van der Waals surface area contributed by atoms with Crippen LogP contribution in [0.3, 0.4) is 0 Å². The van der Waals surface area contributed by atoms with Gasteiger partial charge in [-0.2, -0.15) is 0 Å². The van der Waals surface area contributed by atoms with Crippen molar-refractivity contribution in [1.82, 2.24) is 15.5 Å². The summed E-state index contributed by atoms with van der Waals surface area (Å²) in [6, 6.07) is 0.355. The highest BCUT2D eigenvalue weighted by Gasteiger charge is 2.19. The Kier molecular flexibility index (Phi) is 4.99. The molecule has 5 nitrogen and oxygen atoms in total. The largest absolute Gasteiger partial charge is 0.352 e. The summed E-state index contributed by atoms with van der Waals surface area (Å²) >= 11 is 0. The standard InChI is InChI=1S/C13H23N3O2/c17-12(15-11-5-1-2-6-11)9-14-10-13(18)16-7-3-4-8-16/h11,14H,1-10H2,(H,15,17). The van der Waals surface area contributed by atoms with Crippen molar-refractivity contribution in [2.24, 2.45) is 0 Å². The van der Waals surface area contributed by atoms with Crippen LogP contribution >= 0.6 is 0 Å². The molecule has 0 aromatic rings. The molecule has 5 heteroatoms. The Hall–Kier alpha value is -1.10. The molecule has 0 atom stereocenters. The lowest BCUT2D eigenvalue weighted by molar-refractivity contribution is -0.129. The van der Waals surface area contributed by atoms with Gasteiger partial charge >= 0.3 is 0 Å². The lowest BCUT2D eigenvalue weighted by atomic mass is 10.2. The predicted molar refractivity (Wildman–Crippen MR) is 69.1 cm³/mol. The first-order chi connectivity index (χ1) is 8.75. The molecule has 102 valence electrons. The van der Waals surface area contributed by atoms with E-state index in [0.29, 0.717) is 6.04 Å². The number of nitrogens with one attached hydrogen (secondary N) is 2. The van der Waals surface area contributed by atoms with Gasteiger partial charge in [0.25, 0.3) is 0 Å². The molecule has 1 saturated heterocycles. The van der Waals surface area contributed by atoms with Crippen LogP contribution in [0.5, 0.6) is 0 Å². The molecule has 2 aliphatic rings. The van der Waals surface area contributed by atoms with Crippen molar-refractivity contribution in [3.05, 3.63) is 0 Å². The molecule has 1 aliphatic heterocycles. The minimum Gasteiger partial charge on any atom is -0.352 e. The van der Waals surface area contributed by atoms with Crippen LogP contribution in [0.25, 0.3) is 0 Å². The van der Waals surface area contributed by atoms with E-state index in [2.05, 4.69) is 10.6 Å². The fourth-order valence-electron chi connectivity index (χ4n) is 2.71. The SMILES string of the molecule is O=C(CNCC(=O)N1CCCC1)NC1CCCC1. The second-order valence-corrected chi connectivity index (χ2v) is 5.24. The topological polar surface area (TPSA) is 61.4 Å². The number of carbonyl (C=O) groups excluding carboxylic acids is 2. The van der Waals surface area contributed by atoms with Crippen LogP contribution < -0.4 is 10.6 Å². The number of amides is 2. The molecule has 0 spiro atoms. The van der Waals surface area contributed by atoms with Crippen LogP contribution in [0, 0.1) is 0 Å². The highest BCUT2D eigenvalue weighted by Crippen LogP contribution is 2.17. The third-order valence-electron chi connectivity index (χ3n) is 3.74. The fourth-order valence-corrected chi connectivity index (χ4v) is 2.71. The molecule has 2 fully saturated rings. The number of hydrogen-bond donors (Lipinski definition) is 2. The van der Waals surface area contributed by atoms with E-state index < -0.39 is 0 Å². The Morgan fingerprint density at radius 1 is 1.00 bits per heavy atom. The Morgan fingerprint density at radius 2 is 1.67 bits per heavy atom. The van der Waals surface area contributed by atoms with Crippen LogP contribution in [-0.4, -0.2) is 48.9 Å². The molecule has 0 unspecified atom stereocenters. The molecule has 0 radical (unpaired) electrons. The first kappa shape index (κ1) is 13.3. The Labute approximate surface area is 108 Å². The van der Waals surface area contributed by atoms with E-state index in [9.17, 15) is 9.59 Å². The molecule has 0 bridgehead atoms. The van der Waals surface area contributed by atoms with Gasteiger partial charge < -0.3 is 10.2 Å². The van der Waals surface area contributed by atoms with Crippen molar-refractivity contribution in [2.45, 2.75) is 44.6 Å². The maximum atomic E-state index is 11.7. The van der Waals surface area contributed by atoms with Crippen molar-refractivity contribution >= 4 is 11.8 Å². The van der Waals surface area contributed by atoms with Crippen molar-refractivity contribution in [1.29, 1.82) is 0 Å². The third-order valence-corrected chi connectivity index (χ3v) is 3.74. The van der Waals surface area contributed by atoms with Gasteiger partial charge in [0.15, 0.2) is 0 Å². The van der Waals surface area contributed by atoms with Crippen LogP contribution in [0.15, 0.2) is 0 Å². The van der Waals surface area contributed by atoms with Gasteiger partial charge in [0, 0.05) is 19.1 Å². The highest BCUT2D eigenvalue weighted by atomic mass is 16.2. The van der Waals surface area contributed by atoms with E-state index in [-0.39, 0.29) is 24.9 Å². The molecule has 0 aromatic heterocycles. The van der Waals surface area contributed by atoms with Gasteiger partial charge in [0.1, 0.15) is 0 Å². The first-order valence-corrected chi connectivity index (χ1v) is 7.03. The monoisotopic (exact) mass is 253 g/mol. The Balaban J connectivity index is 1.56. The summed E-state index contributed by atoms with van der Waals surface area (Å²) in [5.41, 5.74) is 0. The van der Waals surface area contributed by atoms with Crippen molar-refractivity contribution < 1.29 is 9.59 Å². The maximum Gasteiger partial charge on any atom is 0.236 e. The molecule has 1 aliphatic carbocycles. The molecule has 2 rings (SSSR count). The lowest BCUT2D eigenvalue weighted by Gasteiger charge is -2.16. The third kappa shape index (κ3) is 3.98. The summed E-state index contributed by atoms with van der Waals surface area (Å²) in [5.74, 6) is 0.122. The number of nitrogens with zero attached hydrogens (tertiary/aromatic N) is 1. The van der Waals surface area contributed by atoms with Gasteiger partial charge in [-0.1, -0.05) is 12.8 Å². The number of carbonyl (C=O) groups is 2. The minimum atomic E-state index is 0.0103. The zero-order valence-electron chi connectivity index (χ0n) is 10.9. The normalized spacial score (nSPS) is 20.3. The van der Waals surface area contributed by atoms with Gasteiger partial charge in [-0.3, -0.25) is 14.9 Å². The summed E-state index contributed by atoms with van der Waals surface area (Å²) in [6.07, 6.45) is 6.83. The van der Waals surface area contributed by atoms with E-state index in [1.807, 2.05) is 4.90 Å². The van der Waals surface area contributed by atoms with Crippen molar-refractivity contribution in [2.75, 3.05) is 26.2 Å². The summed E-state index contributed by atoms with van der Waals surface area (Å²) in [5, 5.41) is 5.93. The predicted octanol–water partition coefficient (Wildman–Crippen LogP) is 0.257. The molecular weight excluding hydrogens is 230 g/mol. The van der Waals surface area contributed by atoms with Crippen LogP contribution in [0.1, 0.15) is 38.5 Å². The Morgan fingerprint density at radius 3 is 2.33 bits per heavy atom. The van der Waals surface area contributed by atoms with E-state index in [4.69, 9.17) is 0 Å². The van der Waals surface area contributed by atoms with E-state index in [1.165, 1.54) is 12.8 Å². The zero-order valence-corrected chi connectivity index (χ0v) is 10.9. The van der Waals surface area contributed by atoms with Crippen molar-refractivity contribution in [3.63, 3.8) is 0 Å². The summed E-state index contributed by atoms with van der Waals surface area (Å²) in [6.45, 7) is 2.26. The van der Waals surface area contributed by atoms with E-state index in [0.717, 1.165) is 38.8 Å².